The fourth-order valence-corrected chi connectivity index (χ4v) is 3.61. The van der Waals surface area contributed by atoms with E-state index in [1.54, 1.807) is 0 Å². The highest BCUT2D eigenvalue weighted by molar-refractivity contribution is 6.51. The zero-order valence-electron chi connectivity index (χ0n) is 10.5. The molecule has 0 aliphatic carbocycles. The maximum Gasteiger partial charge on any atom is 0.731 e. The molecule has 18 heavy (non-hydrogen) atoms. The predicted molar refractivity (Wildman–Crippen MR) is 72.9 cm³/mol. The van der Waals surface area contributed by atoms with Crippen molar-refractivity contribution in [3.8, 4) is 0 Å². The summed E-state index contributed by atoms with van der Waals surface area (Å²) in [5, 5.41) is 0. The van der Waals surface area contributed by atoms with Crippen molar-refractivity contribution in [2.45, 2.75) is 12.8 Å². The van der Waals surface area contributed by atoms with Gasteiger partial charge in [0, 0.05) is 6.61 Å². The summed E-state index contributed by atoms with van der Waals surface area (Å²) in [5.41, 5.74) is 1.21. The van der Waals surface area contributed by atoms with Crippen LogP contribution in [0.4, 0.5) is 0 Å². The Morgan fingerprint density at radius 3 is 2.22 bits per heavy atom. The molecule has 1 aromatic carbocycles. The molecule has 0 bridgehead atoms. The summed E-state index contributed by atoms with van der Waals surface area (Å²) in [6, 6.07) is 10.0. The summed E-state index contributed by atoms with van der Waals surface area (Å²) < 4.78 is 23.5. The largest absolute Gasteiger partial charge is 0.731 e. The van der Waals surface area contributed by atoms with Crippen LogP contribution in [-0.4, -0.2) is 41.4 Å². The van der Waals surface area contributed by atoms with E-state index in [2.05, 4.69) is 18.3 Å². The van der Waals surface area contributed by atoms with Gasteiger partial charge >= 0.3 is 9.05 Å². The molecule has 1 aromatic rings. The molecule has 0 amide bonds. The van der Waals surface area contributed by atoms with Crippen LogP contribution in [0.2, 0.25) is 0 Å². The van der Waals surface area contributed by atoms with Crippen LogP contribution in [0.3, 0.4) is 0 Å². The number of rotatable bonds is 9. The fraction of sp³-hybridized carbons (Fsp3) is 0.333. The predicted octanol–water partition coefficient (Wildman–Crippen LogP) is -1.48. The van der Waals surface area contributed by atoms with Gasteiger partial charge in [-0.15, -0.1) is 0 Å². The van der Waals surface area contributed by atoms with Gasteiger partial charge in [0.25, 0.3) is 0 Å². The first-order valence-corrected chi connectivity index (χ1v) is 8.84. The third-order valence-electron chi connectivity index (χ3n) is 2.11. The van der Waals surface area contributed by atoms with Gasteiger partial charge in [0.15, 0.2) is 21.0 Å². The van der Waals surface area contributed by atoms with Crippen molar-refractivity contribution in [2.75, 3.05) is 6.61 Å². The Morgan fingerprint density at radius 1 is 1.06 bits per heavy atom. The van der Waals surface area contributed by atoms with Crippen molar-refractivity contribution in [1.29, 1.82) is 0 Å². The topological polar surface area (TPSA) is 66.4 Å². The average molecular weight is 306 g/mol. The standard InChI is InChI=1S/C9H18O6Si3/c10-18(14-12-16,15-13-17)11-8-4-7-9-5-2-1-3-6-9/h1-3,5-6,10H,4,7-8H2,16-17H3. The first-order valence-electron chi connectivity index (χ1n) is 5.54. The van der Waals surface area contributed by atoms with Gasteiger partial charge in [-0.2, -0.15) is 0 Å². The molecule has 0 radical (unpaired) electrons. The highest BCUT2D eigenvalue weighted by Crippen LogP contribution is 2.08. The molecule has 1 N–H and O–H groups in total. The SMILES string of the molecule is O[Si](OCCCc1ccccc1)(OO[SiH3])OO[SiH3]. The van der Waals surface area contributed by atoms with E-state index in [0.717, 1.165) is 12.8 Å². The summed E-state index contributed by atoms with van der Waals surface area (Å²) in [7, 11) is -3.13. The van der Waals surface area contributed by atoms with E-state index in [1.165, 1.54) is 5.56 Å². The quantitative estimate of drug-likeness (QED) is 0.260. The highest BCUT2D eigenvalue weighted by Gasteiger charge is 2.44. The van der Waals surface area contributed by atoms with E-state index in [9.17, 15) is 4.80 Å². The van der Waals surface area contributed by atoms with Crippen molar-refractivity contribution in [3.05, 3.63) is 35.9 Å². The second-order valence-electron chi connectivity index (χ2n) is 3.46. The third kappa shape index (κ3) is 5.99. The van der Waals surface area contributed by atoms with Crippen LogP contribution >= 0.6 is 0 Å². The summed E-state index contributed by atoms with van der Waals surface area (Å²) in [6.07, 6.45) is 1.60. The minimum absolute atomic E-state index is 0.313. The molecular weight excluding hydrogens is 288 g/mol. The van der Waals surface area contributed by atoms with Crippen LogP contribution in [0.1, 0.15) is 12.0 Å². The molecule has 0 saturated carbocycles. The second kappa shape index (κ2) is 8.68. The van der Waals surface area contributed by atoms with Gasteiger partial charge in [0.1, 0.15) is 0 Å². The van der Waals surface area contributed by atoms with E-state index in [1.807, 2.05) is 30.3 Å². The van der Waals surface area contributed by atoms with E-state index >= 15 is 0 Å². The lowest BCUT2D eigenvalue weighted by atomic mass is 10.1. The molecule has 6 nitrogen and oxygen atoms in total. The summed E-state index contributed by atoms with van der Waals surface area (Å²) in [4.78, 5) is 9.78. The first kappa shape index (κ1) is 15.7. The molecule has 9 heteroatoms. The van der Waals surface area contributed by atoms with E-state index in [4.69, 9.17) is 4.43 Å². The molecular formula is C9H18O6Si3. The maximum absolute atomic E-state index is 9.78. The number of hydrogen-bond donors (Lipinski definition) is 1. The monoisotopic (exact) mass is 306 g/mol. The van der Waals surface area contributed by atoms with Crippen LogP contribution in [0.25, 0.3) is 0 Å². The molecule has 0 saturated heterocycles. The Labute approximate surface area is 113 Å². The van der Waals surface area contributed by atoms with E-state index < -0.39 is 9.05 Å². The molecule has 0 unspecified atom stereocenters. The van der Waals surface area contributed by atoms with Gasteiger partial charge < -0.3 is 18.4 Å². The zero-order valence-corrected chi connectivity index (χ0v) is 15.5. The van der Waals surface area contributed by atoms with Crippen molar-refractivity contribution in [1.82, 2.24) is 0 Å². The zero-order chi connectivity index (χ0) is 13.3. The lowest BCUT2D eigenvalue weighted by molar-refractivity contribution is -0.258. The molecule has 102 valence electrons. The lowest BCUT2D eigenvalue weighted by Gasteiger charge is -2.19. The Kier molecular flexibility index (Phi) is 7.57. The van der Waals surface area contributed by atoms with Gasteiger partial charge in [-0.1, -0.05) is 30.3 Å². The number of benzene rings is 1. The molecule has 0 aromatic heterocycles. The van der Waals surface area contributed by atoms with Crippen LogP contribution in [0.15, 0.2) is 30.3 Å². The lowest BCUT2D eigenvalue weighted by Crippen LogP contribution is -2.46. The Balaban J connectivity index is 2.26. The summed E-state index contributed by atoms with van der Waals surface area (Å²) in [5.74, 6) is 0. The number of hydrogen-bond acceptors (Lipinski definition) is 6. The van der Waals surface area contributed by atoms with Gasteiger partial charge in [0.2, 0.25) is 0 Å². The molecule has 0 fully saturated rings. The molecule has 0 atom stereocenters. The molecule has 0 aliphatic rings. The molecule has 0 aliphatic heterocycles. The molecule has 1 rings (SSSR count). The van der Waals surface area contributed by atoms with Crippen molar-refractivity contribution in [3.63, 3.8) is 0 Å². The van der Waals surface area contributed by atoms with E-state index in [0.29, 0.717) is 27.6 Å². The van der Waals surface area contributed by atoms with Crippen molar-refractivity contribution < 1.29 is 27.5 Å². The molecule has 0 spiro atoms. The van der Waals surface area contributed by atoms with Crippen LogP contribution < -0.4 is 0 Å². The summed E-state index contributed by atoms with van der Waals surface area (Å²) >= 11 is 0. The first-order chi connectivity index (χ1) is 8.70. The smallest absolute Gasteiger partial charge is 0.365 e. The van der Waals surface area contributed by atoms with Gasteiger partial charge in [-0.05, 0) is 18.4 Å². The third-order valence-corrected chi connectivity index (χ3v) is 4.44. The second-order valence-corrected chi connectivity index (χ2v) is 5.80. The summed E-state index contributed by atoms with van der Waals surface area (Å²) in [6.45, 7) is 0.313. The normalized spacial score (nSPS) is 14.7. The Bertz CT molecular complexity index is 319. The van der Waals surface area contributed by atoms with Gasteiger partial charge in [0.05, 0.1) is 0 Å². The minimum atomic E-state index is -3.76. The fourth-order valence-electron chi connectivity index (χ4n) is 1.39. The van der Waals surface area contributed by atoms with Crippen LogP contribution in [-0.2, 0) is 29.2 Å². The average Bonchev–Trinajstić information content (AvgIpc) is 2.37. The van der Waals surface area contributed by atoms with Crippen molar-refractivity contribution in [2.24, 2.45) is 0 Å². The molecule has 0 heterocycles. The van der Waals surface area contributed by atoms with Gasteiger partial charge in [-0.25, -0.2) is 9.15 Å². The van der Waals surface area contributed by atoms with Crippen LogP contribution in [0, 0.1) is 0 Å². The maximum atomic E-state index is 9.78. The Hall–Kier alpha value is -0.369. The van der Waals surface area contributed by atoms with Crippen LogP contribution in [0.5, 0.6) is 0 Å². The minimum Gasteiger partial charge on any atom is -0.365 e. The van der Waals surface area contributed by atoms with Crippen molar-refractivity contribution >= 4 is 30.0 Å². The highest BCUT2D eigenvalue weighted by atomic mass is 28.4. The number of aryl methyl sites for hydroxylation is 1. The van der Waals surface area contributed by atoms with Gasteiger partial charge in [-0.3, -0.25) is 0 Å². The Morgan fingerprint density at radius 2 is 1.67 bits per heavy atom. The van der Waals surface area contributed by atoms with E-state index in [-0.39, 0.29) is 0 Å².